The van der Waals surface area contributed by atoms with E-state index in [4.69, 9.17) is 5.11 Å². The van der Waals surface area contributed by atoms with Crippen molar-refractivity contribution < 1.29 is 20.1 Å². The smallest absolute Gasteiger partial charge is 0.330 e. The van der Waals surface area contributed by atoms with E-state index in [1.165, 1.54) is 26.8 Å². The second-order valence-electron chi connectivity index (χ2n) is 3.60. The Bertz CT molecular complexity index is 212. The predicted molar refractivity (Wildman–Crippen MR) is 48.3 cm³/mol. The van der Waals surface area contributed by atoms with Gasteiger partial charge in [-0.25, -0.2) is 4.79 Å². The lowest BCUT2D eigenvalue weighted by atomic mass is 9.98. The summed E-state index contributed by atoms with van der Waals surface area (Å²) < 4.78 is 0. The first-order chi connectivity index (χ1) is 5.75. The lowest BCUT2D eigenvalue weighted by molar-refractivity contribution is -0.132. The molecule has 0 bridgehead atoms. The van der Waals surface area contributed by atoms with Crippen molar-refractivity contribution >= 4 is 5.97 Å². The Kier molecular flexibility index (Phi) is 4.10. The maximum atomic E-state index is 10.3. The van der Waals surface area contributed by atoms with Crippen LogP contribution in [0.5, 0.6) is 0 Å². The molecule has 0 aliphatic carbocycles. The van der Waals surface area contributed by atoms with E-state index in [0.29, 0.717) is 0 Å². The summed E-state index contributed by atoms with van der Waals surface area (Å²) in [5.41, 5.74) is -1.03. The van der Waals surface area contributed by atoms with Gasteiger partial charge in [-0.2, -0.15) is 0 Å². The molecule has 0 aliphatic rings. The summed E-state index contributed by atoms with van der Waals surface area (Å²) in [7, 11) is 0. The summed E-state index contributed by atoms with van der Waals surface area (Å²) in [4.78, 5) is 10.3. The fourth-order valence-electron chi connectivity index (χ4n) is 0.664. The zero-order chi connectivity index (χ0) is 10.6. The molecule has 3 N–H and O–H groups in total. The van der Waals surface area contributed by atoms with E-state index >= 15 is 0 Å². The quantitative estimate of drug-likeness (QED) is 0.563. The second-order valence-corrected chi connectivity index (χ2v) is 3.60. The molecular weight excluding hydrogens is 172 g/mol. The van der Waals surface area contributed by atoms with Crippen LogP contribution in [0.1, 0.15) is 27.2 Å². The molecule has 0 radical (unpaired) electrons. The normalized spacial score (nSPS) is 15.6. The van der Waals surface area contributed by atoms with Gasteiger partial charge in [0.15, 0.2) is 0 Å². The molecule has 0 aromatic carbocycles. The molecule has 0 spiro atoms. The lowest BCUT2D eigenvalue weighted by Crippen LogP contribution is -2.35. The fourth-order valence-corrected chi connectivity index (χ4v) is 0.664. The van der Waals surface area contributed by atoms with Gasteiger partial charge in [0.2, 0.25) is 0 Å². The summed E-state index contributed by atoms with van der Waals surface area (Å²) in [6, 6.07) is 0. The Morgan fingerprint density at radius 1 is 1.54 bits per heavy atom. The molecule has 0 aliphatic heterocycles. The molecule has 0 fully saturated rings. The first-order valence-corrected chi connectivity index (χ1v) is 4.05. The molecule has 0 aromatic heterocycles. The van der Waals surface area contributed by atoms with Crippen molar-refractivity contribution in [2.45, 2.75) is 38.9 Å². The van der Waals surface area contributed by atoms with E-state index in [9.17, 15) is 15.0 Å². The highest BCUT2D eigenvalue weighted by Gasteiger charge is 2.23. The number of carboxylic acid groups (broad SMARTS) is 1. The van der Waals surface area contributed by atoms with Crippen molar-refractivity contribution in [1.82, 2.24) is 0 Å². The molecule has 13 heavy (non-hydrogen) atoms. The fraction of sp³-hybridized carbons (Fsp3) is 0.667. The Morgan fingerprint density at radius 2 is 2.00 bits per heavy atom. The molecule has 4 heteroatoms. The van der Waals surface area contributed by atoms with E-state index < -0.39 is 17.7 Å². The third-order valence-corrected chi connectivity index (χ3v) is 1.80. The predicted octanol–water partition coefficient (Wildman–Crippen LogP) is 0.539. The molecule has 0 amide bonds. The van der Waals surface area contributed by atoms with Gasteiger partial charge in [-0.05, 0) is 27.2 Å². The van der Waals surface area contributed by atoms with E-state index in [-0.39, 0.29) is 12.0 Å². The molecule has 0 heterocycles. The van der Waals surface area contributed by atoms with Gasteiger partial charge in [-0.1, -0.05) is 6.08 Å². The van der Waals surface area contributed by atoms with Crippen molar-refractivity contribution in [2.75, 3.05) is 0 Å². The van der Waals surface area contributed by atoms with Crippen molar-refractivity contribution in [3.63, 3.8) is 0 Å². The van der Waals surface area contributed by atoms with Crippen LogP contribution in [0, 0.1) is 0 Å². The van der Waals surface area contributed by atoms with E-state index in [0.717, 1.165) is 0 Å². The van der Waals surface area contributed by atoms with Gasteiger partial charge >= 0.3 is 5.97 Å². The monoisotopic (exact) mass is 188 g/mol. The molecule has 0 saturated heterocycles. The Labute approximate surface area is 77.5 Å². The SMILES string of the molecule is CC(=CCC(O)C(C)(C)O)C(=O)O. The number of aliphatic hydroxyl groups excluding tert-OH is 1. The number of carbonyl (C=O) groups is 1. The molecule has 0 saturated carbocycles. The first kappa shape index (κ1) is 12.1. The zero-order valence-corrected chi connectivity index (χ0v) is 8.11. The van der Waals surface area contributed by atoms with Crippen molar-refractivity contribution in [2.24, 2.45) is 0 Å². The summed E-state index contributed by atoms with van der Waals surface area (Å²) in [6.07, 6.45) is 0.592. The Hall–Kier alpha value is -0.870. The van der Waals surface area contributed by atoms with Gasteiger partial charge in [0.05, 0.1) is 11.7 Å². The molecule has 76 valence electrons. The second kappa shape index (κ2) is 4.39. The van der Waals surface area contributed by atoms with Gasteiger partial charge in [0.25, 0.3) is 0 Å². The van der Waals surface area contributed by atoms with Gasteiger partial charge < -0.3 is 15.3 Å². The van der Waals surface area contributed by atoms with Crippen LogP contribution in [0.3, 0.4) is 0 Å². The summed E-state index contributed by atoms with van der Waals surface area (Å²) in [6.45, 7) is 4.39. The number of aliphatic carboxylic acids is 1. The van der Waals surface area contributed by atoms with Crippen LogP contribution in [0.2, 0.25) is 0 Å². The van der Waals surface area contributed by atoms with Crippen LogP contribution >= 0.6 is 0 Å². The maximum Gasteiger partial charge on any atom is 0.330 e. The van der Waals surface area contributed by atoms with E-state index in [2.05, 4.69) is 0 Å². The van der Waals surface area contributed by atoms with Crippen molar-refractivity contribution in [3.8, 4) is 0 Å². The molecule has 4 nitrogen and oxygen atoms in total. The average Bonchev–Trinajstić information content (AvgIpc) is 1.97. The van der Waals surface area contributed by atoms with E-state index in [1.54, 1.807) is 0 Å². The standard InChI is InChI=1S/C9H16O4/c1-6(8(11)12)4-5-7(10)9(2,3)13/h4,7,10,13H,5H2,1-3H3,(H,11,12). The summed E-state index contributed by atoms with van der Waals surface area (Å²) >= 11 is 0. The molecule has 0 aromatic rings. The third-order valence-electron chi connectivity index (χ3n) is 1.80. The van der Waals surface area contributed by atoms with Gasteiger partial charge in [0, 0.05) is 5.57 Å². The number of hydrogen-bond acceptors (Lipinski definition) is 3. The molecule has 1 atom stereocenters. The van der Waals surface area contributed by atoms with Crippen LogP contribution in [0.25, 0.3) is 0 Å². The lowest BCUT2D eigenvalue weighted by Gasteiger charge is -2.23. The van der Waals surface area contributed by atoms with Crippen LogP contribution in [0.4, 0.5) is 0 Å². The van der Waals surface area contributed by atoms with Gasteiger partial charge in [0.1, 0.15) is 0 Å². The number of aliphatic hydroxyl groups is 2. The van der Waals surface area contributed by atoms with Crippen LogP contribution in [0.15, 0.2) is 11.6 Å². The average molecular weight is 188 g/mol. The third kappa shape index (κ3) is 4.65. The summed E-state index contributed by atoms with van der Waals surface area (Å²) in [5.74, 6) is -1.01. The molecule has 0 rings (SSSR count). The van der Waals surface area contributed by atoms with Gasteiger partial charge in [-0.15, -0.1) is 0 Å². The highest BCUT2D eigenvalue weighted by Crippen LogP contribution is 2.13. The Morgan fingerprint density at radius 3 is 2.31 bits per heavy atom. The Balaban J connectivity index is 4.17. The molecule has 1 unspecified atom stereocenters. The minimum Gasteiger partial charge on any atom is -0.478 e. The summed E-state index contributed by atoms with van der Waals surface area (Å²) in [5, 5.41) is 27.1. The minimum atomic E-state index is -1.20. The largest absolute Gasteiger partial charge is 0.478 e. The number of rotatable bonds is 4. The molecular formula is C9H16O4. The minimum absolute atomic E-state index is 0.141. The van der Waals surface area contributed by atoms with Crippen molar-refractivity contribution in [1.29, 1.82) is 0 Å². The van der Waals surface area contributed by atoms with Crippen molar-refractivity contribution in [3.05, 3.63) is 11.6 Å². The van der Waals surface area contributed by atoms with Crippen LogP contribution < -0.4 is 0 Å². The number of hydrogen-bond donors (Lipinski definition) is 3. The topological polar surface area (TPSA) is 77.8 Å². The van der Waals surface area contributed by atoms with E-state index in [1.807, 2.05) is 0 Å². The number of carboxylic acids is 1. The maximum absolute atomic E-state index is 10.3. The highest BCUT2D eigenvalue weighted by molar-refractivity contribution is 5.85. The van der Waals surface area contributed by atoms with Gasteiger partial charge in [-0.3, -0.25) is 0 Å². The highest BCUT2D eigenvalue weighted by atomic mass is 16.4. The zero-order valence-electron chi connectivity index (χ0n) is 8.11. The van der Waals surface area contributed by atoms with Crippen LogP contribution in [-0.4, -0.2) is 33.0 Å². The first-order valence-electron chi connectivity index (χ1n) is 4.05. The van der Waals surface area contributed by atoms with Crippen LogP contribution in [-0.2, 0) is 4.79 Å².